The maximum absolute atomic E-state index is 10.7. The maximum atomic E-state index is 10.7. The van der Waals surface area contributed by atoms with Crippen molar-refractivity contribution in [2.24, 2.45) is 5.41 Å². The van der Waals surface area contributed by atoms with Gasteiger partial charge in [0.15, 0.2) is 0 Å². The summed E-state index contributed by atoms with van der Waals surface area (Å²) in [6, 6.07) is 0. The Morgan fingerprint density at radius 3 is 1.62 bits per heavy atom. The van der Waals surface area contributed by atoms with Crippen LogP contribution in [0, 0.1) is 5.41 Å². The van der Waals surface area contributed by atoms with Crippen LogP contribution >= 0.6 is 0 Å². The number of allylic oxidation sites excluding steroid dienone is 2. The van der Waals surface area contributed by atoms with E-state index in [-0.39, 0.29) is 18.3 Å². The summed E-state index contributed by atoms with van der Waals surface area (Å²) in [5.74, 6) is 0.0853. The third kappa shape index (κ3) is 23.9. The molecule has 3 heteroatoms. The van der Waals surface area contributed by atoms with Crippen LogP contribution in [-0.4, -0.2) is 5.91 Å². The van der Waals surface area contributed by atoms with Crippen molar-refractivity contribution < 1.29 is 22.9 Å². The molecule has 144 valence electrons. The Labute approximate surface area is 157 Å². The molecule has 0 fully saturated rings. The molecule has 0 aliphatic carbocycles. The summed E-state index contributed by atoms with van der Waals surface area (Å²) in [5, 5.41) is 0. The molecule has 0 unspecified atom stereocenters. The first-order valence-electron chi connectivity index (χ1n) is 9.91. The smallest absolute Gasteiger partial charge is 0.308 e. The molecule has 0 aliphatic rings. The predicted molar refractivity (Wildman–Crippen MR) is 101 cm³/mol. The van der Waals surface area contributed by atoms with Crippen LogP contribution in [0.5, 0.6) is 0 Å². The molecule has 0 atom stereocenters. The van der Waals surface area contributed by atoms with Gasteiger partial charge in [-0.25, -0.2) is 4.79 Å². The first-order valence-corrected chi connectivity index (χ1v) is 9.91. The van der Waals surface area contributed by atoms with Crippen LogP contribution in [0.1, 0.15) is 111 Å². The molecule has 0 aromatic carbocycles. The molecule has 0 aromatic heterocycles. The van der Waals surface area contributed by atoms with Gasteiger partial charge in [-0.2, -0.15) is 0 Å². The third-order valence-corrected chi connectivity index (χ3v) is 4.29. The molecule has 0 saturated carbocycles. The number of hydrogen-bond acceptors (Lipinski definition) is 1. The molecule has 0 bridgehead atoms. The molecule has 0 aliphatic heterocycles. The van der Waals surface area contributed by atoms with E-state index in [9.17, 15) is 4.79 Å². The second kappa shape index (κ2) is 17.5. The second-order valence-electron chi connectivity index (χ2n) is 8.18. The number of quaternary nitrogens is 1. The lowest BCUT2D eigenvalue weighted by Gasteiger charge is -2.17. The van der Waals surface area contributed by atoms with Crippen LogP contribution in [0.4, 0.5) is 0 Å². The summed E-state index contributed by atoms with van der Waals surface area (Å²) in [4.78, 5) is 10.7. The van der Waals surface area contributed by atoms with Gasteiger partial charge in [0.05, 0.1) is 6.42 Å². The number of unbranched alkanes of at least 4 members (excludes halogenated alkanes) is 10. The summed E-state index contributed by atoms with van der Waals surface area (Å²) < 4.78 is 0. The van der Waals surface area contributed by atoms with Crippen LogP contribution in [0.25, 0.3) is 0 Å². The zero-order valence-electron chi connectivity index (χ0n) is 16.5. The molecule has 0 rings (SSSR count). The molecule has 2 nitrogen and oxygen atoms in total. The van der Waals surface area contributed by atoms with Gasteiger partial charge < -0.3 is 12.4 Å². The van der Waals surface area contributed by atoms with Gasteiger partial charge in [0, 0.05) is 0 Å². The molecule has 3 N–H and O–H groups in total. The Balaban J connectivity index is 0. The molecular formula is C21H42ClNO. The Hall–Kier alpha value is -0.340. The third-order valence-electron chi connectivity index (χ3n) is 4.29. The summed E-state index contributed by atoms with van der Waals surface area (Å²) in [5.41, 5.74) is 3.91. The minimum absolute atomic E-state index is 0. The molecular weight excluding hydrogens is 318 g/mol. The average Bonchev–Trinajstić information content (AvgIpc) is 2.45. The number of amides is 1. The molecule has 0 radical (unpaired) electrons. The first-order chi connectivity index (χ1) is 10.9. The number of carbonyl (C=O) groups excluding carboxylic acids is 1. The lowest BCUT2D eigenvalue weighted by Crippen LogP contribution is -3.00. The van der Waals surface area contributed by atoms with E-state index >= 15 is 0 Å². The highest BCUT2D eigenvalue weighted by molar-refractivity contribution is 5.63. The van der Waals surface area contributed by atoms with E-state index in [0.717, 1.165) is 6.42 Å². The molecule has 0 spiro atoms. The summed E-state index contributed by atoms with van der Waals surface area (Å²) >= 11 is 0. The van der Waals surface area contributed by atoms with Gasteiger partial charge in [0.25, 0.3) is 0 Å². The fraction of sp³-hybridized carbons (Fsp3) is 0.857. The predicted octanol–water partition coefficient (Wildman–Crippen LogP) is 2.82. The average molecular weight is 360 g/mol. The van der Waals surface area contributed by atoms with E-state index in [1.807, 2.05) is 0 Å². The molecule has 0 aromatic rings. The highest BCUT2D eigenvalue weighted by atomic mass is 35.5. The molecule has 1 amide bonds. The van der Waals surface area contributed by atoms with Crippen molar-refractivity contribution in [3.05, 3.63) is 12.2 Å². The van der Waals surface area contributed by atoms with Crippen molar-refractivity contribution in [3.8, 4) is 0 Å². The molecule has 0 saturated heterocycles. The van der Waals surface area contributed by atoms with E-state index in [0.29, 0.717) is 11.8 Å². The second-order valence-corrected chi connectivity index (χ2v) is 8.18. The standard InChI is InChI=1S/C21H41NO.ClH/c1-21(2,3)19-17-15-13-11-9-7-5-4-6-8-10-12-14-16-18-20(22)23;/h4-5H,6-19H2,1-3H3,(H2,22,23);1H/b5-4-;. The van der Waals surface area contributed by atoms with E-state index < -0.39 is 0 Å². The lowest BCUT2D eigenvalue weighted by atomic mass is 9.89. The zero-order valence-corrected chi connectivity index (χ0v) is 17.3. The number of carbonyl (C=O) groups is 1. The normalized spacial score (nSPS) is 11.7. The van der Waals surface area contributed by atoms with E-state index in [1.165, 1.54) is 77.0 Å². The van der Waals surface area contributed by atoms with Crippen LogP contribution in [0.15, 0.2) is 12.2 Å². The molecule has 24 heavy (non-hydrogen) atoms. The Morgan fingerprint density at radius 1 is 0.750 bits per heavy atom. The molecule has 0 heterocycles. The van der Waals surface area contributed by atoms with Crippen molar-refractivity contribution in [1.29, 1.82) is 0 Å². The van der Waals surface area contributed by atoms with Crippen LogP contribution in [0.2, 0.25) is 0 Å². The zero-order chi connectivity index (χ0) is 17.4. The summed E-state index contributed by atoms with van der Waals surface area (Å²) in [7, 11) is 0. The van der Waals surface area contributed by atoms with E-state index in [1.54, 1.807) is 0 Å². The Morgan fingerprint density at radius 2 is 1.17 bits per heavy atom. The highest BCUT2D eigenvalue weighted by Gasteiger charge is 2.08. The van der Waals surface area contributed by atoms with Gasteiger partial charge in [0.1, 0.15) is 0 Å². The topological polar surface area (TPSA) is 44.7 Å². The van der Waals surface area contributed by atoms with E-state index in [2.05, 4.69) is 38.7 Å². The van der Waals surface area contributed by atoms with Crippen molar-refractivity contribution in [2.75, 3.05) is 0 Å². The number of halogens is 1. The SMILES string of the molecule is CC(C)(C)CCCCCCC/C=C\CCCCCCCC([NH3+])=O.[Cl-]. The van der Waals surface area contributed by atoms with E-state index in [4.69, 9.17) is 0 Å². The minimum Gasteiger partial charge on any atom is -1.00 e. The fourth-order valence-electron chi connectivity index (χ4n) is 2.80. The van der Waals surface area contributed by atoms with Crippen molar-refractivity contribution in [2.45, 2.75) is 111 Å². The van der Waals surface area contributed by atoms with Gasteiger partial charge >= 0.3 is 5.91 Å². The van der Waals surface area contributed by atoms with Crippen LogP contribution in [0.3, 0.4) is 0 Å². The van der Waals surface area contributed by atoms with Gasteiger partial charge in [-0.3, -0.25) is 5.73 Å². The number of hydrogen-bond donors (Lipinski definition) is 1. The highest BCUT2D eigenvalue weighted by Crippen LogP contribution is 2.22. The Kier molecular flexibility index (Phi) is 18.9. The first kappa shape index (κ1) is 25.9. The van der Waals surface area contributed by atoms with Gasteiger partial charge in [0.2, 0.25) is 0 Å². The summed E-state index contributed by atoms with van der Waals surface area (Å²) in [6.45, 7) is 7.00. The minimum atomic E-state index is 0. The van der Waals surface area contributed by atoms with Crippen LogP contribution in [-0.2, 0) is 4.79 Å². The lowest BCUT2D eigenvalue weighted by molar-refractivity contribution is -0.305. The quantitative estimate of drug-likeness (QED) is 0.354. The Bertz CT molecular complexity index is 307. The number of rotatable bonds is 15. The summed E-state index contributed by atoms with van der Waals surface area (Å²) in [6.07, 6.45) is 22.2. The largest absolute Gasteiger partial charge is 1.00 e. The van der Waals surface area contributed by atoms with Crippen molar-refractivity contribution in [1.82, 2.24) is 0 Å². The fourth-order valence-corrected chi connectivity index (χ4v) is 2.80. The van der Waals surface area contributed by atoms with Crippen molar-refractivity contribution >= 4 is 5.91 Å². The van der Waals surface area contributed by atoms with Crippen molar-refractivity contribution in [3.63, 3.8) is 0 Å². The van der Waals surface area contributed by atoms with Gasteiger partial charge in [-0.1, -0.05) is 77.9 Å². The monoisotopic (exact) mass is 359 g/mol. The van der Waals surface area contributed by atoms with Crippen LogP contribution < -0.4 is 18.1 Å². The van der Waals surface area contributed by atoms with Gasteiger partial charge in [-0.05, 0) is 43.9 Å². The maximum Gasteiger partial charge on any atom is 0.308 e. The van der Waals surface area contributed by atoms with Gasteiger partial charge in [-0.15, -0.1) is 0 Å².